The van der Waals surface area contributed by atoms with Crippen LogP contribution in [-0.4, -0.2) is 20.1 Å². The highest BCUT2D eigenvalue weighted by atomic mass is 19.1. The molecule has 0 amide bonds. The summed E-state index contributed by atoms with van der Waals surface area (Å²) in [7, 11) is 0. The standard InChI is InChI=1S/C19H13F2N5O/c20-14-6-12(7-15(21)8-14)9-23-18-16(10-22-11-24-18)19-25-17(26-27-19)13-4-2-1-3-5-13/h1-8,10-11H,9H2,(H,22,23,24). The Hall–Kier alpha value is -3.68. The van der Waals surface area contributed by atoms with Crippen LogP contribution in [-0.2, 0) is 6.54 Å². The van der Waals surface area contributed by atoms with E-state index in [4.69, 9.17) is 4.52 Å². The van der Waals surface area contributed by atoms with E-state index in [9.17, 15) is 8.78 Å². The fourth-order valence-corrected chi connectivity index (χ4v) is 2.56. The Morgan fingerprint density at radius 1 is 1.00 bits per heavy atom. The van der Waals surface area contributed by atoms with E-state index in [2.05, 4.69) is 25.4 Å². The van der Waals surface area contributed by atoms with Crippen LogP contribution in [0.3, 0.4) is 0 Å². The number of hydrogen-bond donors (Lipinski definition) is 1. The van der Waals surface area contributed by atoms with Crippen molar-refractivity contribution in [3.63, 3.8) is 0 Å². The van der Waals surface area contributed by atoms with Crippen LogP contribution in [0.15, 0.2) is 65.6 Å². The van der Waals surface area contributed by atoms with Crippen LogP contribution in [0, 0.1) is 11.6 Å². The van der Waals surface area contributed by atoms with Crippen LogP contribution in [0.4, 0.5) is 14.6 Å². The highest BCUT2D eigenvalue weighted by Gasteiger charge is 2.15. The lowest BCUT2D eigenvalue weighted by Gasteiger charge is -2.08. The van der Waals surface area contributed by atoms with Crippen LogP contribution in [0.2, 0.25) is 0 Å². The van der Waals surface area contributed by atoms with E-state index in [0.717, 1.165) is 11.6 Å². The monoisotopic (exact) mass is 365 g/mol. The van der Waals surface area contributed by atoms with E-state index in [1.165, 1.54) is 24.7 Å². The summed E-state index contributed by atoms with van der Waals surface area (Å²) in [5, 5.41) is 7.00. The SMILES string of the molecule is Fc1cc(F)cc(CNc2ncncc2-c2nc(-c3ccccc3)no2)c1. The van der Waals surface area contributed by atoms with E-state index in [1.807, 2.05) is 30.3 Å². The second kappa shape index (κ2) is 7.28. The van der Waals surface area contributed by atoms with Crippen molar-refractivity contribution in [1.82, 2.24) is 20.1 Å². The maximum atomic E-state index is 13.3. The first-order valence-corrected chi connectivity index (χ1v) is 8.07. The molecule has 2 heterocycles. The normalized spacial score (nSPS) is 10.7. The van der Waals surface area contributed by atoms with Gasteiger partial charge < -0.3 is 9.84 Å². The summed E-state index contributed by atoms with van der Waals surface area (Å²) in [6, 6.07) is 12.7. The van der Waals surface area contributed by atoms with E-state index < -0.39 is 11.6 Å². The van der Waals surface area contributed by atoms with Gasteiger partial charge in [-0.2, -0.15) is 4.98 Å². The molecule has 0 atom stereocenters. The molecule has 4 rings (SSSR count). The van der Waals surface area contributed by atoms with E-state index in [-0.39, 0.29) is 12.4 Å². The molecule has 1 N–H and O–H groups in total. The van der Waals surface area contributed by atoms with Gasteiger partial charge in [0.1, 0.15) is 29.3 Å². The predicted octanol–water partition coefficient (Wildman–Crippen LogP) is 4.08. The van der Waals surface area contributed by atoms with Gasteiger partial charge in [-0.15, -0.1) is 0 Å². The molecule has 0 aliphatic carbocycles. The van der Waals surface area contributed by atoms with Gasteiger partial charge in [-0.25, -0.2) is 18.7 Å². The summed E-state index contributed by atoms with van der Waals surface area (Å²) >= 11 is 0. The lowest BCUT2D eigenvalue weighted by molar-refractivity contribution is 0.432. The zero-order valence-electron chi connectivity index (χ0n) is 13.9. The van der Waals surface area contributed by atoms with E-state index in [1.54, 1.807) is 0 Å². The zero-order chi connectivity index (χ0) is 18.6. The smallest absolute Gasteiger partial charge is 0.263 e. The van der Waals surface area contributed by atoms with Crippen LogP contribution in [0.1, 0.15) is 5.56 Å². The molecule has 8 heteroatoms. The Labute approximate surface area is 152 Å². The van der Waals surface area contributed by atoms with Crippen molar-refractivity contribution in [2.45, 2.75) is 6.54 Å². The summed E-state index contributed by atoms with van der Waals surface area (Å²) in [6.45, 7) is 0.165. The van der Waals surface area contributed by atoms with Crippen molar-refractivity contribution < 1.29 is 13.3 Å². The number of anilines is 1. The molecule has 134 valence electrons. The number of nitrogens with zero attached hydrogens (tertiary/aromatic N) is 4. The zero-order valence-corrected chi connectivity index (χ0v) is 13.9. The van der Waals surface area contributed by atoms with E-state index >= 15 is 0 Å². The Kier molecular flexibility index (Phi) is 4.52. The van der Waals surface area contributed by atoms with Crippen LogP contribution in [0.5, 0.6) is 0 Å². The average molecular weight is 365 g/mol. The van der Waals surface area contributed by atoms with Crippen LogP contribution >= 0.6 is 0 Å². The molecule has 0 radical (unpaired) electrons. The molecule has 0 aliphatic rings. The molecule has 27 heavy (non-hydrogen) atoms. The van der Waals surface area contributed by atoms with Crippen molar-refractivity contribution >= 4 is 5.82 Å². The molecule has 0 spiro atoms. The fraction of sp³-hybridized carbons (Fsp3) is 0.0526. The molecule has 6 nitrogen and oxygen atoms in total. The summed E-state index contributed by atoms with van der Waals surface area (Å²) < 4.78 is 32.0. The second-order valence-electron chi connectivity index (χ2n) is 5.71. The Bertz CT molecular complexity index is 1050. The van der Waals surface area contributed by atoms with Gasteiger partial charge in [0.25, 0.3) is 5.89 Å². The number of benzene rings is 2. The van der Waals surface area contributed by atoms with E-state index in [0.29, 0.717) is 22.8 Å². The third-order valence-corrected chi connectivity index (χ3v) is 3.78. The molecule has 0 saturated heterocycles. The van der Waals surface area contributed by atoms with Crippen molar-refractivity contribution in [2.75, 3.05) is 5.32 Å². The molecule has 0 unspecified atom stereocenters. The molecule has 0 saturated carbocycles. The minimum atomic E-state index is -0.640. The molecule has 2 aromatic heterocycles. The van der Waals surface area contributed by atoms with Gasteiger partial charge in [0, 0.05) is 24.4 Å². The number of halogens is 2. The first-order chi connectivity index (χ1) is 13.2. The van der Waals surface area contributed by atoms with Gasteiger partial charge in [0.05, 0.1) is 0 Å². The molecule has 0 bridgehead atoms. The summed E-state index contributed by atoms with van der Waals surface area (Å²) in [6.07, 6.45) is 2.89. The summed E-state index contributed by atoms with van der Waals surface area (Å²) in [5.74, 6) is -0.189. The van der Waals surface area contributed by atoms with Crippen molar-refractivity contribution in [3.8, 4) is 22.8 Å². The maximum Gasteiger partial charge on any atom is 0.263 e. The van der Waals surface area contributed by atoms with Crippen LogP contribution < -0.4 is 5.32 Å². The fourth-order valence-electron chi connectivity index (χ4n) is 2.56. The van der Waals surface area contributed by atoms with Gasteiger partial charge in [-0.3, -0.25) is 0 Å². The first kappa shape index (κ1) is 16.8. The number of nitrogens with one attached hydrogen (secondary N) is 1. The van der Waals surface area contributed by atoms with Gasteiger partial charge in [-0.05, 0) is 17.7 Å². The van der Waals surface area contributed by atoms with Crippen molar-refractivity contribution in [2.24, 2.45) is 0 Å². The quantitative estimate of drug-likeness (QED) is 0.574. The Balaban J connectivity index is 1.59. The summed E-state index contributed by atoms with van der Waals surface area (Å²) in [5.41, 5.74) is 1.74. The minimum absolute atomic E-state index is 0.165. The lowest BCUT2D eigenvalue weighted by atomic mass is 10.2. The number of rotatable bonds is 5. The minimum Gasteiger partial charge on any atom is -0.365 e. The molecule has 0 fully saturated rings. The van der Waals surface area contributed by atoms with Crippen LogP contribution in [0.25, 0.3) is 22.8 Å². The molecule has 0 aliphatic heterocycles. The molecule has 2 aromatic carbocycles. The number of aromatic nitrogens is 4. The predicted molar refractivity (Wildman–Crippen MR) is 94.4 cm³/mol. The Morgan fingerprint density at radius 3 is 2.56 bits per heavy atom. The molecular formula is C19H13F2N5O. The van der Waals surface area contributed by atoms with Gasteiger partial charge in [0.2, 0.25) is 5.82 Å². The largest absolute Gasteiger partial charge is 0.365 e. The molecular weight excluding hydrogens is 352 g/mol. The van der Waals surface area contributed by atoms with Crippen molar-refractivity contribution in [1.29, 1.82) is 0 Å². The van der Waals surface area contributed by atoms with Gasteiger partial charge in [0.15, 0.2) is 0 Å². The topological polar surface area (TPSA) is 76.7 Å². The highest BCUT2D eigenvalue weighted by molar-refractivity contribution is 5.69. The average Bonchev–Trinajstić information content (AvgIpc) is 3.17. The lowest BCUT2D eigenvalue weighted by Crippen LogP contribution is -2.04. The molecule has 4 aromatic rings. The third kappa shape index (κ3) is 3.79. The summed E-state index contributed by atoms with van der Waals surface area (Å²) in [4.78, 5) is 12.5. The highest BCUT2D eigenvalue weighted by Crippen LogP contribution is 2.26. The third-order valence-electron chi connectivity index (χ3n) is 3.78. The van der Waals surface area contributed by atoms with Gasteiger partial charge >= 0.3 is 0 Å². The van der Waals surface area contributed by atoms with Gasteiger partial charge in [-0.1, -0.05) is 35.5 Å². The van der Waals surface area contributed by atoms with Crippen molar-refractivity contribution in [3.05, 3.63) is 78.3 Å². The first-order valence-electron chi connectivity index (χ1n) is 8.07. The Morgan fingerprint density at radius 2 is 1.78 bits per heavy atom. The number of hydrogen-bond acceptors (Lipinski definition) is 6. The maximum absolute atomic E-state index is 13.3. The second-order valence-corrected chi connectivity index (χ2v) is 5.71.